The zero-order chi connectivity index (χ0) is 14.1. The van der Waals surface area contributed by atoms with Crippen LogP contribution in [0.5, 0.6) is 0 Å². The summed E-state index contributed by atoms with van der Waals surface area (Å²) < 4.78 is 7.67. The van der Waals surface area contributed by atoms with Crippen molar-refractivity contribution in [3.05, 3.63) is 40.8 Å². The van der Waals surface area contributed by atoms with Crippen molar-refractivity contribution >= 4 is 17.2 Å². The molecule has 2 atom stereocenters. The number of aromatic nitrogens is 1. The smallest absolute Gasteiger partial charge is 0.266 e. The minimum absolute atomic E-state index is 0.0951. The van der Waals surface area contributed by atoms with E-state index in [-0.39, 0.29) is 18.1 Å². The number of rotatable bonds is 2. The number of nitrogens with zero attached hydrogens (tertiary/aromatic N) is 2. The van der Waals surface area contributed by atoms with Gasteiger partial charge < -0.3 is 14.2 Å². The van der Waals surface area contributed by atoms with Crippen LogP contribution in [0.15, 0.2) is 36.0 Å². The molecule has 0 radical (unpaired) electrons. The highest BCUT2D eigenvalue weighted by molar-refractivity contribution is 7.12. The topological polar surface area (TPSA) is 34.5 Å². The second-order valence-corrected chi connectivity index (χ2v) is 6.11. The van der Waals surface area contributed by atoms with E-state index in [1.807, 2.05) is 59.3 Å². The van der Waals surface area contributed by atoms with Crippen molar-refractivity contribution in [2.24, 2.45) is 0 Å². The van der Waals surface area contributed by atoms with E-state index in [0.29, 0.717) is 13.1 Å². The molecule has 0 saturated carbocycles. The van der Waals surface area contributed by atoms with Crippen LogP contribution in [-0.2, 0) is 4.74 Å². The summed E-state index contributed by atoms with van der Waals surface area (Å²) in [6, 6.07) is 5.92. The molecule has 1 amide bonds. The fraction of sp³-hybridized carbons (Fsp3) is 0.400. The Morgan fingerprint density at radius 1 is 1.25 bits per heavy atom. The van der Waals surface area contributed by atoms with Gasteiger partial charge in [0.25, 0.3) is 5.91 Å². The zero-order valence-electron chi connectivity index (χ0n) is 11.7. The van der Waals surface area contributed by atoms with Crippen molar-refractivity contribution in [1.29, 1.82) is 0 Å². The van der Waals surface area contributed by atoms with Crippen LogP contribution >= 0.6 is 11.3 Å². The molecule has 0 spiro atoms. The third-order valence-corrected chi connectivity index (χ3v) is 4.32. The summed E-state index contributed by atoms with van der Waals surface area (Å²) in [7, 11) is 0. The second-order valence-electron chi connectivity index (χ2n) is 5.19. The fourth-order valence-electron chi connectivity index (χ4n) is 2.65. The van der Waals surface area contributed by atoms with Gasteiger partial charge in [-0.25, -0.2) is 0 Å². The van der Waals surface area contributed by atoms with Crippen LogP contribution in [0.4, 0.5) is 0 Å². The molecule has 0 aliphatic carbocycles. The van der Waals surface area contributed by atoms with E-state index in [1.165, 1.54) is 11.3 Å². The monoisotopic (exact) mass is 290 g/mol. The lowest BCUT2D eigenvalue weighted by molar-refractivity contribution is -0.0585. The number of hydrogen-bond donors (Lipinski definition) is 0. The highest BCUT2D eigenvalue weighted by Gasteiger charge is 2.28. The van der Waals surface area contributed by atoms with E-state index < -0.39 is 0 Å². The van der Waals surface area contributed by atoms with Crippen molar-refractivity contribution in [3.8, 4) is 5.69 Å². The Morgan fingerprint density at radius 2 is 1.90 bits per heavy atom. The minimum Gasteiger partial charge on any atom is -0.372 e. The van der Waals surface area contributed by atoms with Crippen LogP contribution in [-0.4, -0.2) is 40.7 Å². The number of thiophene rings is 1. The predicted molar refractivity (Wildman–Crippen MR) is 79.6 cm³/mol. The Balaban J connectivity index is 1.86. The summed E-state index contributed by atoms with van der Waals surface area (Å²) in [6.07, 6.45) is 4.11. The van der Waals surface area contributed by atoms with Crippen LogP contribution < -0.4 is 0 Å². The van der Waals surface area contributed by atoms with Gasteiger partial charge in [0.1, 0.15) is 4.88 Å². The molecule has 3 rings (SSSR count). The standard InChI is InChI=1S/C15H18N2O2S/c1-11-9-17(10-12(2)19-11)15(18)14-13(5-8-20-14)16-6-3-4-7-16/h3-8,11-12H,9-10H2,1-2H3/t11-,12-/m0/s1. The summed E-state index contributed by atoms with van der Waals surface area (Å²) in [6.45, 7) is 5.34. The van der Waals surface area contributed by atoms with Crippen LogP contribution in [0.1, 0.15) is 23.5 Å². The molecule has 2 aromatic rings. The van der Waals surface area contributed by atoms with Crippen LogP contribution in [0.3, 0.4) is 0 Å². The molecular formula is C15H18N2O2S. The molecule has 5 heteroatoms. The molecule has 1 saturated heterocycles. The number of morpholine rings is 1. The number of amides is 1. The quantitative estimate of drug-likeness (QED) is 0.852. The first-order valence-corrected chi connectivity index (χ1v) is 7.68. The summed E-state index contributed by atoms with van der Waals surface area (Å²) in [4.78, 5) is 15.4. The number of hydrogen-bond acceptors (Lipinski definition) is 3. The van der Waals surface area contributed by atoms with Gasteiger partial charge in [0, 0.05) is 25.5 Å². The molecule has 4 nitrogen and oxygen atoms in total. The Bertz CT molecular complexity index is 581. The third-order valence-electron chi connectivity index (χ3n) is 3.43. The SMILES string of the molecule is C[C@H]1CN(C(=O)c2sccc2-n2cccc2)C[C@H](C)O1. The van der Waals surface area contributed by atoms with E-state index in [1.54, 1.807) is 0 Å². The molecule has 20 heavy (non-hydrogen) atoms. The molecule has 1 aliphatic rings. The highest BCUT2D eigenvalue weighted by Crippen LogP contribution is 2.24. The molecule has 1 fully saturated rings. The molecule has 106 valence electrons. The highest BCUT2D eigenvalue weighted by atomic mass is 32.1. The number of carbonyl (C=O) groups is 1. The van der Waals surface area contributed by atoms with E-state index in [4.69, 9.17) is 4.74 Å². The van der Waals surface area contributed by atoms with E-state index >= 15 is 0 Å². The lowest BCUT2D eigenvalue weighted by Crippen LogP contribution is -2.48. The van der Waals surface area contributed by atoms with Gasteiger partial charge in [-0.15, -0.1) is 11.3 Å². The number of ether oxygens (including phenoxy) is 1. The van der Waals surface area contributed by atoms with Gasteiger partial charge in [-0.05, 0) is 37.4 Å². The Labute approximate surface area is 122 Å². The summed E-state index contributed by atoms with van der Waals surface area (Å²) in [5.41, 5.74) is 0.955. The van der Waals surface area contributed by atoms with Crippen LogP contribution in [0.2, 0.25) is 0 Å². The van der Waals surface area contributed by atoms with Gasteiger partial charge in [0.05, 0.1) is 17.9 Å². The van der Waals surface area contributed by atoms with Gasteiger partial charge in [-0.1, -0.05) is 0 Å². The normalized spacial score (nSPS) is 23.0. The fourth-order valence-corrected chi connectivity index (χ4v) is 3.51. The molecule has 0 unspecified atom stereocenters. The lowest BCUT2D eigenvalue weighted by atomic mass is 10.2. The first-order valence-electron chi connectivity index (χ1n) is 6.80. The molecule has 2 aromatic heterocycles. The molecular weight excluding hydrogens is 272 g/mol. The van der Waals surface area contributed by atoms with Crippen molar-refractivity contribution in [1.82, 2.24) is 9.47 Å². The van der Waals surface area contributed by atoms with Crippen molar-refractivity contribution in [3.63, 3.8) is 0 Å². The first kappa shape index (κ1) is 13.4. The average molecular weight is 290 g/mol. The van der Waals surface area contributed by atoms with Gasteiger partial charge in [-0.2, -0.15) is 0 Å². The van der Waals surface area contributed by atoms with E-state index in [9.17, 15) is 4.79 Å². The largest absolute Gasteiger partial charge is 0.372 e. The van der Waals surface area contributed by atoms with Gasteiger partial charge in [0.2, 0.25) is 0 Å². The van der Waals surface area contributed by atoms with Crippen LogP contribution in [0.25, 0.3) is 5.69 Å². The maximum atomic E-state index is 12.7. The molecule has 0 bridgehead atoms. The van der Waals surface area contributed by atoms with Crippen LogP contribution in [0, 0.1) is 0 Å². The minimum atomic E-state index is 0.0951. The predicted octanol–water partition coefficient (Wildman–Crippen LogP) is 2.79. The lowest BCUT2D eigenvalue weighted by Gasteiger charge is -2.35. The van der Waals surface area contributed by atoms with Crippen molar-refractivity contribution in [2.75, 3.05) is 13.1 Å². The molecule has 3 heterocycles. The van der Waals surface area contributed by atoms with E-state index in [0.717, 1.165) is 10.6 Å². The maximum absolute atomic E-state index is 12.7. The molecule has 0 aromatic carbocycles. The Morgan fingerprint density at radius 3 is 2.55 bits per heavy atom. The molecule has 1 aliphatic heterocycles. The van der Waals surface area contributed by atoms with Gasteiger partial charge in [0.15, 0.2) is 0 Å². The van der Waals surface area contributed by atoms with Gasteiger partial charge in [-0.3, -0.25) is 4.79 Å². The second kappa shape index (κ2) is 5.42. The van der Waals surface area contributed by atoms with E-state index in [2.05, 4.69) is 0 Å². The maximum Gasteiger partial charge on any atom is 0.266 e. The molecule has 0 N–H and O–H groups in total. The first-order chi connectivity index (χ1) is 9.65. The number of carbonyl (C=O) groups excluding carboxylic acids is 1. The summed E-state index contributed by atoms with van der Waals surface area (Å²) in [5, 5.41) is 1.97. The zero-order valence-corrected chi connectivity index (χ0v) is 12.5. The van der Waals surface area contributed by atoms with Crippen molar-refractivity contribution in [2.45, 2.75) is 26.1 Å². The Hall–Kier alpha value is -1.59. The third kappa shape index (κ3) is 2.51. The van der Waals surface area contributed by atoms with Gasteiger partial charge >= 0.3 is 0 Å². The summed E-state index contributed by atoms with van der Waals surface area (Å²) in [5.74, 6) is 0.103. The summed E-state index contributed by atoms with van der Waals surface area (Å²) >= 11 is 1.50. The average Bonchev–Trinajstić information content (AvgIpc) is 3.07. The van der Waals surface area contributed by atoms with Crippen molar-refractivity contribution < 1.29 is 9.53 Å². The Kier molecular flexibility index (Phi) is 3.63.